The van der Waals surface area contributed by atoms with Gasteiger partial charge in [0.05, 0.1) is 6.04 Å². The summed E-state index contributed by atoms with van der Waals surface area (Å²) in [5, 5.41) is 11.4. The summed E-state index contributed by atoms with van der Waals surface area (Å²) in [5.41, 5.74) is 0.278. The van der Waals surface area contributed by atoms with E-state index >= 15 is 0 Å². The van der Waals surface area contributed by atoms with Crippen molar-refractivity contribution < 1.29 is 0 Å². The van der Waals surface area contributed by atoms with Gasteiger partial charge in [-0.3, -0.25) is 9.89 Å². The third kappa shape index (κ3) is 1.37. The number of hydrogen-bond donors (Lipinski definition) is 1. The topological polar surface area (TPSA) is 61.6 Å². The Kier molecular flexibility index (Phi) is 1.93. The van der Waals surface area contributed by atoms with Crippen LogP contribution < -0.4 is 5.56 Å². The molecule has 0 bridgehead atoms. The predicted molar refractivity (Wildman–Crippen MR) is 47.3 cm³/mol. The molecule has 0 aliphatic heterocycles. The number of aromatic nitrogens is 2. The Morgan fingerprint density at radius 1 is 1.54 bits per heavy atom. The normalized spacial score (nSPS) is 17.5. The van der Waals surface area contributed by atoms with Gasteiger partial charge in [0.25, 0.3) is 5.56 Å². The molecule has 0 amide bonds. The minimum atomic E-state index is -0.0801. The van der Waals surface area contributed by atoms with E-state index in [2.05, 4.69) is 5.10 Å². The summed E-state index contributed by atoms with van der Waals surface area (Å²) in [6.45, 7) is 0. The molecule has 1 aromatic rings. The van der Waals surface area contributed by atoms with Crippen molar-refractivity contribution in [2.75, 3.05) is 0 Å². The quantitative estimate of drug-likeness (QED) is 0.699. The van der Waals surface area contributed by atoms with E-state index in [1.54, 1.807) is 4.68 Å². The van der Waals surface area contributed by atoms with E-state index in [0.29, 0.717) is 5.69 Å². The number of nitrogens with one attached hydrogen (secondary N) is 1. The highest BCUT2D eigenvalue weighted by Crippen LogP contribution is 2.27. The maximum atomic E-state index is 11.4. The van der Waals surface area contributed by atoms with Gasteiger partial charge in [-0.05, 0) is 12.8 Å². The zero-order valence-corrected chi connectivity index (χ0v) is 7.29. The first-order valence-electron chi connectivity index (χ1n) is 4.53. The summed E-state index contributed by atoms with van der Waals surface area (Å²) in [7, 11) is 0. The molecule has 1 fully saturated rings. The average molecular weight is 177 g/mol. The smallest absolute Gasteiger partial charge is 0.268 e. The molecule has 1 aromatic heterocycles. The first kappa shape index (κ1) is 8.11. The van der Waals surface area contributed by atoms with Crippen molar-refractivity contribution in [2.45, 2.75) is 31.7 Å². The fourth-order valence-electron chi connectivity index (χ4n) is 1.90. The van der Waals surface area contributed by atoms with E-state index in [1.165, 1.54) is 18.9 Å². The number of H-pyrrole nitrogens is 1. The van der Waals surface area contributed by atoms with Gasteiger partial charge >= 0.3 is 0 Å². The Morgan fingerprint density at radius 3 is 2.77 bits per heavy atom. The van der Waals surface area contributed by atoms with E-state index in [9.17, 15) is 4.79 Å². The SMILES string of the molecule is N#Cc1cc(=O)n(C2CCCC2)[nH]1. The summed E-state index contributed by atoms with van der Waals surface area (Å²) in [6, 6.07) is 3.58. The Labute approximate surface area is 75.8 Å². The zero-order valence-electron chi connectivity index (χ0n) is 7.29. The fourth-order valence-corrected chi connectivity index (χ4v) is 1.90. The van der Waals surface area contributed by atoms with Gasteiger partial charge in [-0.2, -0.15) is 5.26 Å². The Balaban J connectivity index is 2.34. The molecule has 0 aromatic carbocycles. The summed E-state index contributed by atoms with van der Waals surface area (Å²) in [6.07, 6.45) is 4.45. The maximum absolute atomic E-state index is 11.4. The molecule has 13 heavy (non-hydrogen) atoms. The number of nitriles is 1. The minimum Gasteiger partial charge on any atom is -0.285 e. The molecular formula is C9H11N3O. The summed E-state index contributed by atoms with van der Waals surface area (Å²) in [5.74, 6) is 0. The first-order valence-corrected chi connectivity index (χ1v) is 4.53. The molecule has 68 valence electrons. The lowest BCUT2D eigenvalue weighted by Gasteiger charge is -2.08. The van der Waals surface area contributed by atoms with Crippen LogP contribution in [0.15, 0.2) is 10.9 Å². The average Bonchev–Trinajstić information content (AvgIpc) is 2.72. The van der Waals surface area contributed by atoms with Gasteiger partial charge < -0.3 is 0 Å². The second-order valence-corrected chi connectivity index (χ2v) is 3.43. The molecule has 1 saturated carbocycles. The van der Waals surface area contributed by atoms with E-state index in [0.717, 1.165) is 12.8 Å². The molecule has 0 unspecified atom stereocenters. The lowest BCUT2D eigenvalue weighted by atomic mass is 10.3. The number of hydrogen-bond acceptors (Lipinski definition) is 2. The van der Waals surface area contributed by atoms with Gasteiger partial charge in [0, 0.05) is 6.07 Å². The van der Waals surface area contributed by atoms with Crippen molar-refractivity contribution in [3.05, 3.63) is 22.1 Å². The second-order valence-electron chi connectivity index (χ2n) is 3.43. The van der Waals surface area contributed by atoms with Gasteiger partial charge in [0.15, 0.2) is 0 Å². The molecule has 1 heterocycles. The molecular weight excluding hydrogens is 166 g/mol. The van der Waals surface area contributed by atoms with Crippen molar-refractivity contribution in [1.82, 2.24) is 9.78 Å². The van der Waals surface area contributed by atoms with E-state index in [-0.39, 0.29) is 11.6 Å². The van der Waals surface area contributed by atoms with Crippen LogP contribution in [0.1, 0.15) is 37.4 Å². The van der Waals surface area contributed by atoms with Crippen LogP contribution in [0, 0.1) is 11.3 Å². The largest absolute Gasteiger partial charge is 0.285 e. The van der Waals surface area contributed by atoms with Crippen molar-refractivity contribution >= 4 is 0 Å². The monoisotopic (exact) mass is 177 g/mol. The summed E-state index contributed by atoms with van der Waals surface area (Å²) < 4.78 is 1.59. The lowest BCUT2D eigenvalue weighted by Crippen LogP contribution is -2.19. The highest BCUT2D eigenvalue weighted by Gasteiger charge is 2.19. The number of nitrogens with zero attached hydrogens (tertiary/aromatic N) is 2. The van der Waals surface area contributed by atoms with Gasteiger partial charge in [0.1, 0.15) is 11.8 Å². The molecule has 0 spiro atoms. The Morgan fingerprint density at radius 2 is 2.23 bits per heavy atom. The van der Waals surface area contributed by atoms with Gasteiger partial charge in [-0.1, -0.05) is 12.8 Å². The second kappa shape index (κ2) is 3.09. The van der Waals surface area contributed by atoms with E-state index in [1.807, 2.05) is 6.07 Å². The predicted octanol–water partition coefficient (Wildman–Crippen LogP) is 1.16. The lowest BCUT2D eigenvalue weighted by molar-refractivity contribution is 0.453. The zero-order chi connectivity index (χ0) is 9.26. The van der Waals surface area contributed by atoms with Crippen LogP contribution >= 0.6 is 0 Å². The highest BCUT2D eigenvalue weighted by atomic mass is 16.1. The minimum absolute atomic E-state index is 0.0801. The van der Waals surface area contributed by atoms with Crippen LogP contribution in [-0.4, -0.2) is 9.78 Å². The molecule has 1 N–H and O–H groups in total. The number of rotatable bonds is 1. The number of aromatic amines is 1. The maximum Gasteiger partial charge on any atom is 0.268 e. The van der Waals surface area contributed by atoms with E-state index < -0.39 is 0 Å². The molecule has 1 aliphatic rings. The molecule has 0 saturated heterocycles. The van der Waals surface area contributed by atoms with Gasteiger partial charge in [-0.25, -0.2) is 4.68 Å². The molecule has 1 aliphatic carbocycles. The van der Waals surface area contributed by atoms with E-state index in [4.69, 9.17) is 5.26 Å². The first-order chi connectivity index (χ1) is 6.31. The van der Waals surface area contributed by atoms with Crippen molar-refractivity contribution in [3.8, 4) is 6.07 Å². The van der Waals surface area contributed by atoms with Crippen molar-refractivity contribution in [3.63, 3.8) is 0 Å². The molecule has 2 rings (SSSR count). The summed E-state index contributed by atoms with van der Waals surface area (Å²) in [4.78, 5) is 11.4. The summed E-state index contributed by atoms with van der Waals surface area (Å²) >= 11 is 0. The van der Waals surface area contributed by atoms with Gasteiger partial charge in [-0.15, -0.1) is 0 Å². The third-order valence-corrected chi connectivity index (χ3v) is 2.56. The Hall–Kier alpha value is -1.50. The van der Waals surface area contributed by atoms with Crippen LogP contribution in [0.5, 0.6) is 0 Å². The van der Waals surface area contributed by atoms with Gasteiger partial charge in [0.2, 0.25) is 0 Å². The van der Waals surface area contributed by atoms with Crippen LogP contribution in [0.4, 0.5) is 0 Å². The molecule has 4 nitrogen and oxygen atoms in total. The van der Waals surface area contributed by atoms with Crippen LogP contribution in [-0.2, 0) is 0 Å². The third-order valence-electron chi connectivity index (χ3n) is 2.56. The van der Waals surface area contributed by atoms with Crippen LogP contribution in [0.25, 0.3) is 0 Å². The van der Waals surface area contributed by atoms with Crippen molar-refractivity contribution in [1.29, 1.82) is 5.26 Å². The van der Waals surface area contributed by atoms with Crippen LogP contribution in [0.2, 0.25) is 0 Å². The Bertz CT molecular complexity index is 390. The standard InChI is InChI=1S/C9H11N3O/c10-6-7-5-9(13)12(11-7)8-3-1-2-4-8/h5,8,11H,1-4H2. The molecule has 0 atom stereocenters. The molecule has 4 heteroatoms. The fraction of sp³-hybridized carbons (Fsp3) is 0.556. The van der Waals surface area contributed by atoms with Crippen LogP contribution in [0.3, 0.4) is 0 Å². The van der Waals surface area contributed by atoms with Crippen molar-refractivity contribution in [2.24, 2.45) is 0 Å². The highest BCUT2D eigenvalue weighted by molar-refractivity contribution is 5.17. The molecule has 0 radical (unpaired) electrons.